The molecule has 2 unspecified atom stereocenters. The molecule has 3 aromatic carbocycles. The van der Waals surface area contributed by atoms with Gasteiger partial charge in [-0.2, -0.15) is 5.26 Å². The Morgan fingerprint density at radius 1 is 0.895 bits per heavy atom. The summed E-state index contributed by atoms with van der Waals surface area (Å²) >= 11 is 0. The second-order valence-corrected chi connectivity index (χ2v) is 12.9. The molecule has 16 nitrogen and oxygen atoms in total. The minimum atomic E-state index is -1.22. The first-order valence-corrected chi connectivity index (χ1v) is 17.5. The number of carbonyl (C=O) groups excluding carboxylic acids is 4. The first-order valence-electron chi connectivity index (χ1n) is 17.5. The van der Waals surface area contributed by atoms with E-state index in [9.17, 15) is 24.4 Å². The number of methoxy groups -OCH3 is 4. The van der Waals surface area contributed by atoms with Crippen molar-refractivity contribution in [3.63, 3.8) is 0 Å². The molecule has 0 radical (unpaired) electrons. The van der Waals surface area contributed by atoms with E-state index in [2.05, 4.69) is 23.2 Å². The Morgan fingerprint density at radius 2 is 1.63 bits per heavy atom. The number of primary amides is 1. The van der Waals surface area contributed by atoms with E-state index in [1.54, 1.807) is 33.8 Å². The molecule has 0 aliphatic heterocycles. The van der Waals surface area contributed by atoms with Crippen LogP contribution in [-0.4, -0.2) is 91.1 Å². The van der Waals surface area contributed by atoms with Gasteiger partial charge in [0.1, 0.15) is 17.1 Å². The Hall–Kier alpha value is -6.17. The molecule has 0 aromatic heterocycles. The Bertz CT molecular complexity index is 2010. The fourth-order valence-electron chi connectivity index (χ4n) is 5.09. The van der Waals surface area contributed by atoms with Crippen LogP contribution in [0, 0.1) is 23.2 Å². The molecule has 3 rings (SSSR count). The summed E-state index contributed by atoms with van der Waals surface area (Å²) in [4.78, 5) is 51.3. The van der Waals surface area contributed by atoms with Gasteiger partial charge in [0, 0.05) is 36.5 Å². The van der Waals surface area contributed by atoms with Crippen LogP contribution in [0.15, 0.2) is 48.5 Å². The third-order valence-corrected chi connectivity index (χ3v) is 7.70. The predicted octanol–water partition coefficient (Wildman–Crippen LogP) is 5.24. The van der Waals surface area contributed by atoms with Crippen LogP contribution in [0.1, 0.15) is 72.6 Å². The van der Waals surface area contributed by atoms with E-state index in [1.165, 1.54) is 70.9 Å². The molecule has 0 aliphatic rings. The largest absolute Gasteiger partial charge is 0.469 e. The number of nitrogens with one attached hydrogen (secondary N) is 1. The zero-order chi connectivity index (χ0) is 42.1. The molecular formula is C41H47N3O13. The molecule has 16 heteroatoms. The van der Waals surface area contributed by atoms with Crippen molar-refractivity contribution in [3.05, 3.63) is 76.3 Å². The fourth-order valence-corrected chi connectivity index (χ4v) is 5.09. The SMILES string of the molecule is CCOC(OC)Oc1ccc(C(N)=O)cc1-c1cc(C(CC(=O)OC)C(=O)OC)cc(C#Cc2cc(C#N)ccc2NC(=O)OC(C)(C)C)c1OCOCCOC. The van der Waals surface area contributed by atoms with E-state index in [1.807, 2.05) is 0 Å². The first-order chi connectivity index (χ1) is 27.2. The highest BCUT2D eigenvalue weighted by atomic mass is 16.8. The summed E-state index contributed by atoms with van der Waals surface area (Å²) in [5, 5.41) is 12.4. The summed E-state index contributed by atoms with van der Waals surface area (Å²) in [5.74, 6) is 2.78. The number of anilines is 1. The van der Waals surface area contributed by atoms with Crippen LogP contribution in [-0.2, 0) is 42.7 Å². The van der Waals surface area contributed by atoms with Crippen molar-refractivity contribution in [2.45, 2.75) is 52.1 Å². The number of hydrogen-bond donors (Lipinski definition) is 2. The number of esters is 2. The lowest BCUT2D eigenvalue weighted by atomic mass is 9.89. The van der Waals surface area contributed by atoms with Gasteiger partial charge in [-0.3, -0.25) is 19.7 Å². The zero-order valence-electron chi connectivity index (χ0n) is 33.1. The molecule has 57 heavy (non-hydrogen) atoms. The lowest BCUT2D eigenvalue weighted by Gasteiger charge is -2.23. The normalized spacial score (nSPS) is 11.8. The molecule has 304 valence electrons. The quantitative estimate of drug-likeness (QED) is 0.0555. The van der Waals surface area contributed by atoms with Gasteiger partial charge in [-0.25, -0.2) is 4.79 Å². The maximum Gasteiger partial charge on any atom is 0.412 e. The molecule has 3 aromatic rings. The molecule has 0 saturated carbocycles. The van der Waals surface area contributed by atoms with Gasteiger partial charge < -0.3 is 48.4 Å². The first kappa shape index (κ1) is 45.2. The van der Waals surface area contributed by atoms with Gasteiger partial charge in [-0.05, 0) is 81.8 Å². The average Bonchev–Trinajstić information content (AvgIpc) is 3.18. The van der Waals surface area contributed by atoms with Gasteiger partial charge in [0.25, 0.3) is 0 Å². The summed E-state index contributed by atoms with van der Waals surface area (Å²) in [6.45, 7) is 5.99. The van der Waals surface area contributed by atoms with E-state index < -0.39 is 48.4 Å². The molecule has 0 aliphatic carbocycles. The monoisotopic (exact) mass is 789 g/mol. The number of ether oxygens (including phenoxy) is 9. The van der Waals surface area contributed by atoms with Crippen LogP contribution < -0.4 is 20.5 Å². The molecule has 0 bridgehead atoms. The van der Waals surface area contributed by atoms with Gasteiger partial charge in [0.05, 0.1) is 69.3 Å². The lowest BCUT2D eigenvalue weighted by molar-refractivity contribution is -0.230. The lowest BCUT2D eigenvalue weighted by Crippen LogP contribution is -2.27. The minimum Gasteiger partial charge on any atom is -0.469 e. The Labute approximate surface area is 331 Å². The molecule has 2 amide bonds. The van der Waals surface area contributed by atoms with Crippen LogP contribution in [0.4, 0.5) is 10.5 Å². The van der Waals surface area contributed by atoms with E-state index in [0.717, 1.165) is 0 Å². The number of nitrogens with two attached hydrogens (primary N) is 1. The third kappa shape index (κ3) is 13.5. The highest BCUT2D eigenvalue weighted by Crippen LogP contribution is 2.42. The van der Waals surface area contributed by atoms with E-state index in [-0.39, 0.29) is 82.7 Å². The average molecular weight is 790 g/mol. The van der Waals surface area contributed by atoms with Gasteiger partial charge in [0.15, 0.2) is 6.79 Å². The topological polar surface area (TPSA) is 213 Å². The predicted molar refractivity (Wildman–Crippen MR) is 205 cm³/mol. The maximum atomic E-state index is 13.3. The molecule has 3 N–H and O–H groups in total. The summed E-state index contributed by atoms with van der Waals surface area (Å²) in [5.41, 5.74) is 6.43. The Morgan fingerprint density at radius 3 is 2.25 bits per heavy atom. The minimum absolute atomic E-state index is 0.0697. The van der Waals surface area contributed by atoms with Gasteiger partial charge in [0.2, 0.25) is 5.91 Å². The van der Waals surface area contributed by atoms with E-state index >= 15 is 0 Å². The second kappa shape index (κ2) is 21.8. The molecule has 0 heterocycles. The van der Waals surface area contributed by atoms with Crippen molar-refractivity contribution < 1.29 is 61.8 Å². The van der Waals surface area contributed by atoms with Crippen molar-refractivity contribution in [2.24, 2.45) is 5.73 Å². The number of nitriles is 1. The molecule has 2 atom stereocenters. The van der Waals surface area contributed by atoms with Crippen molar-refractivity contribution in [2.75, 3.05) is 60.4 Å². The Balaban J connectivity index is 2.49. The second-order valence-electron chi connectivity index (χ2n) is 12.9. The number of benzene rings is 3. The standard InChI is InChI=1S/C41H47N3O13/c1-9-54-40(52-8)56-34-15-13-28(37(43)46)20-31(34)32-21-29(30(38(47)51-7)22-35(45)50-6)19-27(36(32)55-24-53-17-16-49-5)12-11-26-18-25(23-42)10-14-33(26)44-39(48)57-41(2,3)4/h10,13-15,18-21,30,40H,9,16-17,22,24H2,1-8H3,(H2,43,46)(H,44,48). The molecule has 0 spiro atoms. The van der Waals surface area contributed by atoms with Crippen molar-refractivity contribution >= 4 is 29.6 Å². The van der Waals surface area contributed by atoms with Crippen LogP contribution in [0.25, 0.3) is 11.1 Å². The van der Waals surface area contributed by atoms with Gasteiger partial charge >= 0.3 is 24.5 Å². The van der Waals surface area contributed by atoms with Crippen LogP contribution >= 0.6 is 0 Å². The van der Waals surface area contributed by atoms with E-state index in [4.69, 9.17) is 48.4 Å². The summed E-state index contributed by atoms with van der Waals surface area (Å²) in [6, 6.07) is 13.9. The highest BCUT2D eigenvalue weighted by molar-refractivity contribution is 5.96. The highest BCUT2D eigenvalue weighted by Gasteiger charge is 2.29. The molecule has 0 fully saturated rings. The van der Waals surface area contributed by atoms with Crippen LogP contribution in [0.3, 0.4) is 0 Å². The summed E-state index contributed by atoms with van der Waals surface area (Å²) in [7, 11) is 5.24. The van der Waals surface area contributed by atoms with Gasteiger partial charge in [-0.15, -0.1) is 0 Å². The Kier molecular flexibility index (Phi) is 17.3. The summed E-state index contributed by atoms with van der Waals surface area (Å²) in [6.07, 6.45) is -1.19. The van der Waals surface area contributed by atoms with E-state index in [0.29, 0.717) is 0 Å². The smallest absolute Gasteiger partial charge is 0.412 e. The third-order valence-electron chi connectivity index (χ3n) is 7.70. The number of hydrogen-bond acceptors (Lipinski definition) is 14. The van der Waals surface area contributed by atoms with Crippen LogP contribution in [0.5, 0.6) is 11.5 Å². The van der Waals surface area contributed by atoms with Crippen molar-refractivity contribution in [1.29, 1.82) is 5.26 Å². The fraction of sp³-hybridized carbons (Fsp3) is 0.390. The summed E-state index contributed by atoms with van der Waals surface area (Å²) < 4.78 is 49.4. The van der Waals surface area contributed by atoms with Crippen molar-refractivity contribution in [1.82, 2.24) is 0 Å². The number of carbonyl (C=O) groups is 4. The van der Waals surface area contributed by atoms with Crippen molar-refractivity contribution in [3.8, 4) is 40.5 Å². The maximum absolute atomic E-state index is 13.3. The number of amides is 2. The van der Waals surface area contributed by atoms with Crippen LogP contribution in [0.2, 0.25) is 0 Å². The molecular weight excluding hydrogens is 742 g/mol. The van der Waals surface area contributed by atoms with Gasteiger partial charge in [-0.1, -0.05) is 11.8 Å². The number of nitrogens with zero attached hydrogens (tertiary/aromatic N) is 1. The molecule has 0 saturated heterocycles. The number of rotatable bonds is 18. The zero-order valence-corrected chi connectivity index (χ0v) is 33.1.